The van der Waals surface area contributed by atoms with Crippen molar-refractivity contribution in [1.29, 1.82) is 0 Å². The number of rotatable bonds is 4. The van der Waals surface area contributed by atoms with E-state index in [4.69, 9.17) is 0 Å². The molecule has 0 bridgehead atoms. The van der Waals surface area contributed by atoms with Gasteiger partial charge in [-0.25, -0.2) is 0 Å². The van der Waals surface area contributed by atoms with E-state index in [0.717, 1.165) is 11.8 Å². The van der Waals surface area contributed by atoms with Crippen molar-refractivity contribution in [2.24, 2.45) is 11.8 Å². The van der Waals surface area contributed by atoms with Crippen LogP contribution < -0.4 is 5.32 Å². The molecule has 0 radical (unpaired) electrons. The monoisotopic (exact) mass is 198 g/mol. The van der Waals surface area contributed by atoms with Gasteiger partial charge in [-0.1, -0.05) is 13.8 Å². The van der Waals surface area contributed by atoms with Gasteiger partial charge in [0.15, 0.2) is 0 Å². The summed E-state index contributed by atoms with van der Waals surface area (Å²) in [5.41, 5.74) is 0. The van der Waals surface area contributed by atoms with Crippen molar-refractivity contribution < 1.29 is 0 Å². The second kappa shape index (κ2) is 5.13. The largest absolute Gasteiger partial charge is 0.316 e. The van der Waals surface area contributed by atoms with Crippen LogP contribution in [0.2, 0.25) is 0 Å². The minimum atomic E-state index is 0.598. The van der Waals surface area contributed by atoms with E-state index in [1.165, 1.54) is 19.5 Å². The van der Waals surface area contributed by atoms with E-state index in [9.17, 15) is 0 Å². The zero-order valence-corrected chi connectivity index (χ0v) is 10.4. The van der Waals surface area contributed by atoms with Crippen LogP contribution in [0.3, 0.4) is 0 Å². The summed E-state index contributed by atoms with van der Waals surface area (Å²) in [6, 6.07) is 1.27. The summed E-state index contributed by atoms with van der Waals surface area (Å²) >= 11 is 0. The maximum absolute atomic E-state index is 3.34. The molecule has 0 spiro atoms. The Hall–Kier alpha value is -0.0800. The van der Waals surface area contributed by atoms with E-state index < -0.39 is 0 Å². The standard InChI is InChI=1S/C12H26N2/c1-9(2)12-6-7-14(8-12)11(4)10(3)13-5/h9-13H,6-8H2,1-5H3. The van der Waals surface area contributed by atoms with E-state index in [1.807, 2.05) is 0 Å². The van der Waals surface area contributed by atoms with Gasteiger partial charge in [0.1, 0.15) is 0 Å². The Labute approximate surface area is 89.1 Å². The number of likely N-dealkylation sites (tertiary alicyclic amines) is 1. The minimum Gasteiger partial charge on any atom is -0.316 e. The third-order valence-corrected chi connectivity index (χ3v) is 3.95. The fourth-order valence-electron chi connectivity index (χ4n) is 2.29. The van der Waals surface area contributed by atoms with Crippen molar-refractivity contribution in [1.82, 2.24) is 10.2 Å². The fraction of sp³-hybridized carbons (Fsp3) is 1.00. The summed E-state index contributed by atoms with van der Waals surface area (Å²) < 4.78 is 0. The molecule has 1 aliphatic rings. The molecule has 0 saturated carbocycles. The topological polar surface area (TPSA) is 15.3 Å². The molecular formula is C12H26N2. The molecule has 1 heterocycles. The van der Waals surface area contributed by atoms with E-state index in [2.05, 4.69) is 45.0 Å². The second-order valence-corrected chi connectivity index (χ2v) is 5.11. The Morgan fingerprint density at radius 3 is 2.29 bits per heavy atom. The second-order valence-electron chi connectivity index (χ2n) is 5.11. The highest BCUT2D eigenvalue weighted by molar-refractivity contribution is 4.84. The molecular weight excluding hydrogens is 172 g/mol. The first kappa shape index (κ1) is 12.0. The third kappa shape index (κ3) is 2.71. The normalized spacial score (nSPS) is 28.3. The van der Waals surface area contributed by atoms with Crippen LogP contribution in [-0.2, 0) is 0 Å². The highest BCUT2D eigenvalue weighted by Crippen LogP contribution is 2.25. The first-order chi connectivity index (χ1) is 6.56. The van der Waals surface area contributed by atoms with Crippen molar-refractivity contribution in [3.8, 4) is 0 Å². The molecule has 1 fully saturated rings. The predicted octanol–water partition coefficient (Wildman–Crippen LogP) is 1.96. The van der Waals surface area contributed by atoms with Gasteiger partial charge >= 0.3 is 0 Å². The number of nitrogens with zero attached hydrogens (tertiary/aromatic N) is 1. The number of hydrogen-bond donors (Lipinski definition) is 1. The summed E-state index contributed by atoms with van der Waals surface area (Å²) in [6.07, 6.45) is 1.39. The minimum absolute atomic E-state index is 0.598. The molecule has 84 valence electrons. The van der Waals surface area contributed by atoms with Crippen molar-refractivity contribution in [2.75, 3.05) is 20.1 Å². The molecule has 14 heavy (non-hydrogen) atoms. The van der Waals surface area contributed by atoms with Gasteiger partial charge in [0.25, 0.3) is 0 Å². The van der Waals surface area contributed by atoms with Crippen LogP contribution in [0.1, 0.15) is 34.1 Å². The summed E-state index contributed by atoms with van der Waals surface area (Å²) in [5, 5.41) is 3.34. The zero-order valence-electron chi connectivity index (χ0n) is 10.4. The van der Waals surface area contributed by atoms with Crippen molar-refractivity contribution in [3.63, 3.8) is 0 Å². The van der Waals surface area contributed by atoms with Gasteiger partial charge in [-0.15, -0.1) is 0 Å². The van der Waals surface area contributed by atoms with Crippen LogP contribution in [0.4, 0.5) is 0 Å². The molecule has 0 amide bonds. The Kier molecular flexibility index (Phi) is 4.39. The molecule has 1 N–H and O–H groups in total. The Morgan fingerprint density at radius 1 is 1.21 bits per heavy atom. The molecule has 0 aromatic carbocycles. The maximum Gasteiger partial charge on any atom is 0.0218 e. The van der Waals surface area contributed by atoms with Crippen LogP contribution in [0.25, 0.3) is 0 Å². The van der Waals surface area contributed by atoms with Gasteiger partial charge in [-0.05, 0) is 45.7 Å². The van der Waals surface area contributed by atoms with Gasteiger partial charge in [-0.2, -0.15) is 0 Å². The van der Waals surface area contributed by atoms with Crippen molar-refractivity contribution in [2.45, 2.75) is 46.2 Å². The summed E-state index contributed by atoms with van der Waals surface area (Å²) in [4.78, 5) is 2.63. The predicted molar refractivity (Wildman–Crippen MR) is 62.5 cm³/mol. The van der Waals surface area contributed by atoms with Crippen molar-refractivity contribution in [3.05, 3.63) is 0 Å². The molecule has 0 aromatic heterocycles. The van der Waals surface area contributed by atoms with Crippen molar-refractivity contribution >= 4 is 0 Å². The molecule has 3 unspecified atom stereocenters. The summed E-state index contributed by atoms with van der Waals surface area (Å²) in [6.45, 7) is 11.9. The summed E-state index contributed by atoms with van der Waals surface area (Å²) in [5.74, 6) is 1.76. The lowest BCUT2D eigenvalue weighted by Gasteiger charge is -2.29. The smallest absolute Gasteiger partial charge is 0.0218 e. The highest BCUT2D eigenvalue weighted by atomic mass is 15.2. The first-order valence-corrected chi connectivity index (χ1v) is 5.97. The van der Waals surface area contributed by atoms with Crippen LogP contribution >= 0.6 is 0 Å². The molecule has 0 aliphatic carbocycles. The first-order valence-electron chi connectivity index (χ1n) is 5.97. The quantitative estimate of drug-likeness (QED) is 0.743. The molecule has 1 saturated heterocycles. The maximum atomic E-state index is 3.34. The van der Waals surface area contributed by atoms with E-state index in [1.54, 1.807) is 0 Å². The molecule has 2 nitrogen and oxygen atoms in total. The number of nitrogens with one attached hydrogen (secondary N) is 1. The average molecular weight is 198 g/mol. The van der Waals surface area contributed by atoms with Crippen LogP contribution in [0.5, 0.6) is 0 Å². The molecule has 1 aliphatic heterocycles. The average Bonchev–Trinajstić information content (AvgIpc) is 2.64. The lowest BCUT2D eigenvalue weighted by molar-refractivity contribution is 0.204. The van der Waals surface area contributed by atoms with E-state index in [0.29, 0.717) is 12.1 Å². The van der Waals surface area contributed by atoms with Crippen LogP contribution in [0.15, 0.2) is 0 Å². The Morgan fingerprint density at radius 2 is 1.86 bits per heavy atom. The molecule has 1 rings (SSSR count). The van der Waals surface area contributed by atoms with Gasteiger partial charge in [0.2, 0.25) is 0 Å². The van der Waals surface area contributed by atoms with Gasteiger partial charge in [0.05, 0.1) is 0 Å². The lowest BCUT2D eigenvalue weighted by Crippen LogP contribution is -2.44. The summed E-state index contributed by atoms with van der Waals surface area (Å²) in [7, 11) is 2.05. The van der Waals surface area contributed by atoms with E-state index >= 15 is 0 Å². The SMILES string of the molecule is CNC(C)C(C)N1CCC(C(C)C)C1. The Bertz CT molecular complexity index is 168. The molecule has 2 heteroatoms. The molecule has 3 atom stereocenters. The number of hydrogen-bond acceptors (Lipinski definition) is 2. The van der Waals surface area contributed by atoms with Gasteiger partial charge in [0, 0.05) is 18.6 Å². The Balaban J connectivity index is 2.41. The van der Waals surface area contributed by atoms with Gasteiger partial charge in [-0.3, -0.25) is 4.90 Å². The molecule has 0 aromatic rings. The van der Waals surface area contributed by atoms with Crippen LogP contribution in [0, 0.1) is 11.8 Å². The van der Waals surface area contributed by atoms with Gasteiger partial charge < -0.3 is 5.32 Å². The fourth-order valence-corrected chi connectivity index (χ4v) is 2.29. The zero-order chi connectivity index (χ0) is 10.7. The third-order valence-electron chi connectivity index (χ3n) is 3.95. The number of likely N-dealkylation sites (N-methyl/N-ethyl adjacent to an activating group) is 1. The lowest BCUT2D eigenvalue weighted by atomic mass is 9.95. The van der Waals surface area contributed by atoms with Crippen LogP contribution in [-0.4, -0.2) is 37.1 Å². The van der Waals surface area contributed by atoms with E-state index in [-0.39, 0.29) is 0 Å². The highest BCUT2D eigenvalue weighted by Gasteiger charge is 2.29.